The van der Waals surface area contributed by atoms with E-state index in [2.05, 4.69) is 39.9 Å². The van der Waals surface area contributed by atoms with Crippen LogP contribution in [0.15, 0.2) is 244 Å². The fraction of sp³-hybridized carbons (Fsp3) is 0.360. The summed E-state index contributed by atoms with van der Waals surface area (Å²) in [4.78, 5) is 33.8. The average Bonchev–Trinajstić information content (AvgIpc) is 0.802. The third-order valence-electron chi connectivity index (χ3n) is 22.8. The predicted molar refractivity (Wildman–Crippen MR) is 528 cm³/mol. The molecular formula is C100H124N12O24S4. The van der Waals surface area contributed by atoms with E-state index >= 15 is 0 Å². The van der Waals surface area contributed by atoms with Crippen LogP contribution in [0, 0.1) is 0 Å². The van der Waals surface area contributed by atoms with Crippen LogP contribution in [0.3, 0.4) is 0 Å². The first kappa shape index (κ1) is 111. The normalized spacial score (nSPS) is 13.3. The molecule has 0 unspecified atom stereocenters. The summed E-state index contributed by atoms with van der Waals surface area (Å²) in [5.74, 6) is 6.92. The fourth-order valence-corrected chi connectivity index (χ4v) is 21.3. The van der Waals surface area contributed by atoms with E-state index in [-0.39, 0.29) is 52.4 Å². The zero-order valence-corrected chi connectivity index (χ0v) is 85.4. The second-order valence-corrected chi connectivity index (χ2v) is 40.6. The Kier molecular flexibility index (Phi) is 42.8. The van der Waals surface area contributed by atoms with E-state index in [4.69, 9.17) is 75.8 Å². The Morgan fingerprint density at radius 2 is 0.321 bits per heavy atom. The Labute approximate surface area is 821 Å². The molecule has 8 atom stereocenters. The monoisotopic (exact) mass is 2000 g/mol. The van der Waals surface area contributed by atoms with Crippen molar-refractivity contribution in [2.75, 3.05) is 114 Å². The number of ether oxygens (including phenoxy) is 16. The molecule has 0 aliphatic heterocycles. The molecule has 0 amide bonds. The smallest absolute Gasteiger partial charge is 0.231 e. The highest BCUT2D eigenvalue weighted by Crippen LogP contribution is 2.36. The molecule has 8 aromatic carbocycles. The topological polar surface area (TPSA) is 400 Å². The Morgan fingerprint density at radius 3 is 0.414 bits per heavy atom. The molecule has 12 rings (SSSR count). The van der Waals surface area contributed by atoms with Crippen LogP contribution >= 0.6 is 0 Å². The van der Waals surface area contributed by atoms with Gasteiger partial charge in [0.05, 0.1) is 158 Å². The molecule has 752 valence electrons. The van der Waals surface area contributed by atoms with E-state index in [1.807, 2.05) is 194 Å². The third-order valence-corrected chi connectivity index (χ3v) is 31.4. The van der Waals surface area contributed by atoms with Gasteiger partial charge in [0.1, 0.15) is 91.4 Å². The van der Waals surface area contributed by atoms with Crippen molar-refractivity contribution >= 4 is 40.1 Å². The number of aromatic nitrogens is 8. The first-order valence-corrected chi connectivity index (χ1v) is 49.8. The summed E-state index contributed by atoms with van der Waals surface area (Å²) in [6.45, 7) is 7.85. The molecule has 12 aromatic rings. The number of nitrogens with zero attached hydrogens (tertiary/aromatic N) is 12. The second kappa shape index (κ2) is 54.1. The van der Waals surface area contributed by atoms with Crippen LogP contribution in [0.4, 0.5) is 0 Å². The summed E-state index contributed by atoms with van der Waals surface area (Å²) in [5.41, 5.74) is 8.22. The van der Waals surface area contributed by atoms with Gasteiger partial charge < -0.3 is 75.8 Å². The van der Waals surface area contributed by atoms with Crippen molar-refractivity contribution in [3.8, 4) is 69.5 Å². The van der Waals surface area contributed by atoms with Crippen molar-refractivity contribution in [2.24, 2.45) is 0 Å². The fourth-order valence-electron chi connectivity index (χ4n) is 14.5. The highest BCUT2D eigenvalue weighted by atomic mass is 32.2. The van der Waals surface area contributed by atoms with Gasteiger partial charge in [0, 0.05) is 80.8 Å². The van der Waals surface area contributed by atoms with Gasteiger partial charge in [0.15, 0.2) is 0 Å². The highest BCUT2D eigenvalue weighted by molar-refractivity contribution is 7.90. The summed E-state index contributed by atoms with van der Waals surface area (Å²) in [5, 5.41) is -3.75. The largest absolute Gasteiger partial charge is 0.497 e. The molecule has 40 heteroatoms. The van der Waals surface area contributed by atoms with Crippen LogP contribution in [0.5, 0.6) is 69.5 Å². The molecule has 0 aliphatic rings. The first-order valence-electron chi connectivity index (χ1n) is 43.8. The Bertz CT molecular complexity index is 5240. The number of sulfonamides is 4. The minimum atomic E-state index is -3.86. The third kappa shape index (κ3) is 30.6. The number of benzene rings is 8. The summed E-state index contributed by atoms with van der Waals surface area (Å²) in [7, 11) is 9.05. The Balaban J connectivity index is 0.000000209. The zero-order chi connectivity index (χ0) is 102. The van der Waals surface area contributed by atoms with Crippen molar-refractivity contribution in [1.82, 2.24) is 57.1 Å². The van der Waals surface area contributed by atoms with Crippen molar-refractivity contribution in [1.29, 1.82) is 0 Å². The lowest BCUT2D eigenvalue weighted by molar-refractivity contribution is 0.0963. The van der Waals surface area contributed by atoms with E-state index in [1.165, 1.54) is 124 Å². The summed E-state index contributed by atoms with van der Waals surface area (Å²) < 4.78 is 201. The van der Waals surface area contributed by atoms with Gasteiger partial charge in [-0.2, -0.15) is 17.2 Å². The zero-order valence-electron chi connectivity index (χ0n) is 82.2. The summed E-state index contributed by atoms with van der Waals surface area (Å²) >= 11 is 0. The van der Waals surface area contributed by atoms with Gasteiger partial charge in [0.2, 0.25) is 63.6 Å². The standard InChI is InChI=1S/4C25H31N3O6S/c4*1-18(25(34-5)23-14-27-24(33-4)15-26-23)35(29,30)28(16-19-6-10-21(31-2)11-7-19)17-20-8-12-22(32-3)13-9-20/h4*6-15,18,25H,16-17H2,1-5H3/t2*18-,25+;2*18-,25-/m1010/s1. The van der Waals surface area contributed by atoms with Gasteiger partial charge >= 0.3 is 0 Å². The lowest BCUT2D eigenvalue weighted by Crippen LogP contribution is -2.40. The van der Waals surface area contributed by atoms with E-state index in [0.717, 1.165) is 44.5 Å². The van der Waals surface area contributed by atoms with Crippen molar-refractivity contribution in [3.63, 3.8) is 0 Å². The highest BCUT2D eigenvalue weighted by Gasteiger charge is 2.42. The summed E-state index contributed by atoms with van der Waals surface area (Å²) in [6, 6.07) is 58.5. The van der Waals surface area contributed by atoms with Gasteiger partial charge in [0.25, 0.3) is 0 Å². The minimum Gasteiger partial charge on any atom is -0.497 e. The quantitative estimate of drug-likeness (QED) is 0.0342. The van der Waals surface area contributed by atoms with Gasteiger partial charge in [-0.25, -0.2) is 53.6 Å². The molecule has 0 bridgehead atoms. The number of rotatable bonds is 48. The van der Waals surface area contributed by atoms with E-state index in [1.54, 1.807) is 84.6 Å². The number of hydrogen-bond acceptors (Lipinski definition) is 32. The molecular weight excluding hydrogens is 1880 g/mol. The van der Waals surface area contributed by atoms with Gasteiger partial charge in [-0.05, 0) is 169 Å². The van der Waals surface area contributed by atoms with Crippen molar-refractivity contribution < 1.29 is 109 Å². The molecule has 0 saturated heterocycles. The van der Waals surface area contributed by atoms with Crippen molar-refractivity contribution in [2.45, 2.75) is 125 Å². The average molecular weight is 2010 g/mol. The molecule has 0 fully saturated rings. The van der Waals surface area contributed by atoms with Crippen LogP contribution in [0.25, 0.3) is 0 Å². The van der Waals surface area contributed by atoms with E-state index in [0.29, 0.717) is 92.3 Å². The molecule has 0 radical (unpaired) electrons. The molecule has 0 N–H and O–H groups in total. The SMILES string of the molecule is COc1ccc(CN(Cc2ccc(OC)cc2)S(=O)(=O)[C@@H](C)[C@@H](OC)c2cnc(OC)cn2)cc1.COc1ccc(CN(Cc2ccc(OC)cc2)S(=O)(=O)[C@@H](C)[C@H](OC)c2cnc(OC)cn2)cc1.COc1ccc(CN(Cc2ccc(OC)cc2)S(=O)(=O)[C@H](C)[C@@H](OC)c2cnc(OC)cn2)cc1.COc1ccc(CN(Cc2ccc(OC)cc2)S(=O)(=O)[C@H](C)[C@H](OC)c2cnc(OC)cn2)cc1. The molecule has 0 saturated carbocycles. The molecule has 4 aromatic heterocycles. The van der Waals surface area contributed by atoms with Crippen LogP contribution in [0.1, 0.15) is 119 Å². The molecule has 0 spiro atoms. The minimum absolute atomic E-state index is 0.174. The van der Waals surface area contributed by atoms with Crippen molar-refractivity contribution in [3.05, 3.63) is 311 Å². The molecule has 140 heavy (non-hydrogen) atoms. The maximum Gasteiger partial charge on any atom is 0.231 e. The van der Waals surface area contributed by atoms with Crippen LogP contribution in [-0.2, 0) is 111 Å². The van der Waals surface area contributed by atoms with Gasteiger partial charge in [-0.15, -0.1) is 0 Å². The number of methoxy groups -OCH3 is 16. The Hall–Kier alpha value is -12.8. The maximum absolute atomic E-state index is 13.9. The number of hydrogen-bond donors (Lipinski definition) is 0. The summed E-state index contributed by atoms with van der Waals surface area (Å²) in [6.07, 6.45) is 8.32. The maximum atomic E-state index is 13.9. The molecule has 0 aliphatic carbocycles. The Morgan fingerprint density at radius 1 is 0.193 bits per heavy atom. The van der Waals surface area contributed by atoms with Crippen LogP contribution in [0.2, 0.25) is 0 Å². The van der Waals surface area contributed by atoms with E-state index < -0.39 is 85.5 Å². The van der Waals surface area contributed by atoms with Crippen LogP contribution < -0.4 is 56.8 Å². The second-order valence-electron chi connectivity index (χ2n) is 31.4. The first-order chi connectivity index (χ1) is 67.3. The molecule has 4 heterocycles. The van der Waals surface area contributed by atoms with Crippen LogP contribution in [-0.4, -0.2) is 226 Å². The lowest BCUT2D eigenvalue weighted by atomic mass is 10.2. The predicted octanol–water partition coefficient (Wildman–Crippen LogP) is 14.4. The van der Waals surface area contributed by atoms with Gasteiger partial charge in [-0.3, -0.25) is 19.9 Å². The molecule has 36 nitrogen and oxygen atoms in total. The lowest BCUT2D eigenvalue weighted by Gasteiger charge is -2.29. The van der Waals surface area contributed by atoms with Gasteiger partial charge in [-0.1, -0.05) is 97.1 Å². The van der Waals surface area contributed by atoms with E-state index in [9.17, 15) is 33.7 Å².